The van der Waals surface area contributed by atoms with E-state index < -0.39 is 15.9 Å². The Balaban J connectivity index is 1.58. The molecule has 3 aromatic rings. The fraction of sp³-hybridized carbons (Fsp3) is 0.296. The maximum Gasteiger partial charge on any atom is 0.264 e. The molecule has 1 aliphatic rings. The number of sulfonamides is 1. The largest absolute Gasteiger partial charge is 0.494 e. The summed E-state index contributed by atoms with van der Waals surface area (Å²) in [6.45, 7) is 3.91. The molecule has 1 N–H and O–H groups in total. The van der Waals surface area contributed by atoms with Gasteiger partial charge >= 0.3 is 0 Å². The molecule has 3 aromatic carbocycles. The van der Waals surface area contributed by atoms with E-state index in [1.54, 1.807) is 24.3 Å². The van der Waals surface area contributed by atoms with Gasteiger partial charge in [0, 0.05) is 5.02 Å². The van der Waals surface area contributed by atoms with Gasteiger partial charge in [-0.25, -0.2) is 8.42 Å². The fourth-order valence-corrected chi connectivity index (χ4v) is 5.83. The molecule has 0 radical (unpaired) electrons. The van der Waals surface area contributed by atoms with Crippen LogP contribution >= 0.6 is 11.6 Å². The Morgan fingerprint density at radius 1 is 1.03 bits per heavy atom. The van der Waals surface area contributed by atoms with Gasteiger partial charge < -0.3 is 10.1 Å². The summed E-state index contributed by atoms with van der Waals surface area (Å²) in [5, 5.41) is 3.39. The normalized spacial score (nSPS) is 13.7. The van der Waals surface area contributed by atoms with Crippen molar-refractivity contribution in [2.24, 2.45) is 0 Å². The Morgan fingerprint density at radius 2 is 1.71 bits per heavy atom. The van der Waals surface area contributed by atoms with Gasteiger partial charge in [-0.1, -0.05) is 29.8 Å². The molecule has 1 amide bonds. The molecule has 0 heterocycles. The average molecular weight is 513 g/mol. The quantitative estimate of drug-likeness (QED) is 0.422. The summed E-state index contributed by atoms with van der Waals surface area (Å²) in [5.74, 6) is 0.221. The standard InChI is InChI=1S/C27H29ClN2O4S/c1-3-34-25-13-11-24(12-14-25)30(35(32,33)26-15-9-23(28)10-16-26)18-27(31)29-19(2)21-8-7-20-5-4-6-22(20)17-21/h7-17,19H,3-6,18H2,1-2H3,(H,29,31)/t19-/m0/s1. The first-order chi connectivity index (χ1) is 16.8. The van der Waals surface area contributed by atoms with Crippen molar-refractivity contribution in [2.75, 3.05) is 17.5 Å². The Morgan fingerprint density at radius 3 is 2.40 bits per heavy atom. The number of hydrogen-bond acceptors (Lipinski definition) is 4. The van der Waals surface area contributed by atoms with Crippen molar-refractivity contribution >= 4 is 33.2 Å². The van der Waals surface area contributed by atoms with E-state index in [2.05, 4.69) is 17.4 Å². The van der Waals surface area contributed by atoms with Crippen molar-refractivity contribution in [1.29, 1.82) is 0 Å². The van der Waals surface area contributed by atoms with E-state index >= 15 is 0 Å². The topological polar surface area (TPSA) is 75.7 Å². The number of nitrogens with one attached hydrogen (secondary N) is 1. The predicted octanol–water partition coefficient (Wildman–Crippen LogP) is 5.30. The van der Waals surface area contributed by atoms with Gasteiger partial charge in [0.15, 0.2) is 0 Å². The van der Waals surface area contributed by atoms with Gasteiger partial charge in [-0.05, 0) is 98.3 Å². The van der Waals surface area contributed by atoms with Crippen LogP contribution in [0.4, 0.5) is 5.69 Å². The minimum absolute atomic E-state index is 0.0512. The van der Waals surface area contributed by atoms with Crippen molar-refractivity contribution in [3.63, 3.8) is 0 Å². The van der Waals surface area contributed by atoms with Crippen molar-refractivity contribution in [1.82, 2.24) is 5.32 Å². The molecule has 0 saturated heterocycles. The van der Waals surface area contributed by atoms with Crippen molar-refractivity contribution in [3.05, 3.63) is 88.4 Å². The molecule has 0 aliphatic heterocycles. The van der Waals surface area contributed by atoms with Crippen LogP contribution in [0.2, 0.25) is 5.02 Å². The van der Waals surface area contributed by atoms with Gasteiger partial charge in [-0.3, -0.25) is 9.10 Å². The number of halogens is 1. The predicted molar refractivity (Wildman–Crippen MR) is 139 cm³/mol. The van der Waals surface area contributed by atoms with Gasteiger partial charge in [0.05, 0.1) is 23.2 Å². The van der Waals surface area contributed by atoms with E-state index in [-0.39, 0.29) is 17.5 Å². The molecule has 4 rings (SSSR count). The van der Waals surface area contributed by atoms with Crippen LogP contribution in [-0.4, -0.2) is 27.5 Å². The van der Waals surface area contributed by atoms with Crippen LogP contribution in [0.5, 0.6) is 5.75 Å². The summed E-state index contributed by atoms with van der Waals surface area (Å²) in [5.41, 5.74) is 4.06. The average Bonchev–Trinajstić information content (AvgIpc) is 3.31. The second kappa shape index (κ2) is 10.7. The SMILES string of the molecule is CCOc1ccc(N(CC(=O)N[C@@H](C)c2ccc3c(c2)CCC3)S(=O)(=O)c2ccc(Cl)cc2)cc1. The molecule has 1 aliphatic carbocycles. The highest BCUT2D eigenvalue weighted by Crippen LogP contribution is 2.28. The zero-order chi connectivity index (χ0) is 25.0. The van der Waals surface area contributed by atoms with Crippen molar-refractivity contribution < 1.29 is 17.9 Å². The lowest BCUT2D eigenvalue weighted by Crippen LogP contribution is -2.41. The second-order valence-corrected chi connectivity index (χ2v) is 10.9. The highest BCUT2D eigenvalue weighted by molar-refractivity contribution is 7.92. The third-order valence-corrected chi connectivity index (χ3v) is 8.16. The molecule has 6 nitrogen and oxygen atoms in total. The molecule has 8 heteroatoms. The van der Waals surface area contributed by atoms with Crippen LogP contribution in [0.25, 0.3) is 0 Å². The molecule has 0 aromatic heterocycles. The Hall–Kier alpha value is -3.03. The lowest BCUT2D eigenvalue weighted by atomic mass is 10.0. The first-order valence-corrected chi connectivity index (χ1v) is 13.5. The number of ether oxygens (including phenoxy) is 1. The Labute approximate surface area is 211 Å². The number of anilines is 1. The highest BCUT2D eigenvalue weighted by Gasteiger charge is 2.28. The monoisotopic (exact) mass is 512 g/mol. The van der Waals surface area contributed by atoms with E-state index in [1.807, 2.05) is 19.9 Å². The summed E-state index contributed by atoms with van der Waals surface area (Å²) < 4.78 is 33.7. The van der Waals surface area contributed by atoms with Crippen LogP contribution in [0.1, 0.15) is 43.0 Å². The lowest BCUT2D eigenvalue weighted by Gasteiger charge is -2.25. The fourth-order valence-electron chi connectivity index (χ4n) is 4.29. The van der Waals surface area contributed by atoms with E-state index in [9.17, 15) is 13.2 Å². The number of amides is 1. The Kier molecular flexibility index (Phi) is 7.67. The second-order valence-electron chi connectivity index (χ2n) is 8.56. The summed E-state index contributed by atoms with van der Waals surface area (Å²) in [6.07, 6.45) is 3.30. The molecule has 35 heavy (non-hydrogen) atoms. The minimum Gasteiger partial charge on any atom is -0.494 e. The molecule has 0 fully saturated rings. The number of fused-ring (bicyclic) bond motifs is 1. The van der Waals surface area contributed by atoms with Crippen LogP contribution in [0, 0.1) is 0 Å². The van der Waals surface area contributed by atoms with Gasteiger partial charge in [0.1, 0.15) is 12.3 Å². The first kappa shape index (κ1) is 25.1. The zero-order valence-corrected chi connectivity index (χ0v) is 21.4. The van der Waals surface area contributed by atoms with E-state index in [4.69, 9.17) is 16.3 Å². The molecule has 0 bridgehead atoms. The van der Waals surface area contributed by atoms with Crippen molar-refractivity contribution in [2.45, 2.75) is 44.0 Å². The summed E-state index contributed by atoms with van der Waals surface area (Å²) >= 11 is 5.95. The van der Waals surface area contributed by atoms with Gasteiger partial charge in [0.25, 0.3) is 10.0 Å². The molecule has 184 valence electrons. The van der Waals surface area contributed by atoms with Crippen LogP contribution < -0.4 is 14.4 Å². The van der Waals surface area contributed by atoms with E-state index in [1.165, 1.54) is 35.4 Å². The van der Waals surface area contributed by atoms with Crippen molar-refractivity contribution in [3.8, 4) is 5.75 Å². The van der Waals surface area contributed by atoms with Gasteiger partial charge in [0.2, 0.25) is 5.91 Å². The van der Waals surface area contributed by atoms with Gasteiger partial charge in [-0.2, -0.15) is 0 Å². The third kappa shape index (κ3) is 5.80. The third-order valence-electron chi connectivity index (χ3n) is 6.12. The van der Waals surface area contributed by atoms with Crippen LogP contribution in [0.15, 0.2) is 71.6 Å². The number of rotatable bonds is 9. The van der Waals surface area contributed by atoms with Crippen LogP contribution in [-0.2, 0) is 27.7 Å². The zero-order valence-electron chi connectivity index (χ0n) is 19.8. The maximum atomic E-state index is 13.5. The summed E-state index contributed by atoms with van der Waals surface area (Å²) in [7, 11) is -4.03. The summed E-state index contributed by atoms with van der Waals surface area (Å²) in [4.78, 5) is 13.1. The smallest absolute Gasteiger partial charge is 0.264 e. The Bertz CT molecular complexity index is 1290. The van der Waals surface area contributed by atoms with E-state index in [0.29, 0.717) is 23.1 Å². The molecule has 0 saturated carbocycles. The van der Waals surface area contributed by atoms with E-state index in [0.717, 1.165) is 29.1 Å². The molecule has 0 spiro atoms. The number of aryl methyl sites for hydroxylation is 2. The lowest BCUT2D eigenvalue weighted by molar-refractivity contribution is -0.120. The molecule has 0 unspecified atom stereocenters. The number of nitrogens with zero attached hydrogens (tertiary/aromatic N) is 1. The number of benzene rings is 3. The summed E-state index contributed by atoms with van der Waals surface area (Å²) in [6, 6.07) is 18.6. The van der Waals surface area contributed by atoms with Crippen LogP contribution in [0.3, 0.4) is 0 Å². The number of carbonyl (C=O) groups is 1. The van der Waals surface area contributed by atoms with Gasteiger partial charge in [-0.15, -0.1) is 0 Å². The minimum atomic E-state index is -4.03. The first-order valence-electron chi connectivity index (χ1n) is 11.7. The number of hydrogen-bond donors (Lipinski definition) is 1. The molecule has 1 atom stereocenters. The highest BCUT2D eigenvalue weighted by atomic mass is 35.5. The maximum absolute atomic E-state index is 13.5. The number of carbonyl (C=O) groups excluding carboxylic acids is 1. The molecular weight excluding hydrogens is 484 g/mol. The molecular formula is C27H29ClN2O4S.